The van der Waals surface area contributed by atoms with Crippen molar-refractivity contribution < 1.29 is 13.9 Å². The van der Waals surface area contributed by atoms with Crippen LogP contribution in [0.25, 0.3) is 0 Å². The SMILES string of the molecule is O=C(C1CC1c1cccc(F)c1)N1CCC(Oc2ccncc2)C1. The lowest BCUT2D eigenvalue weighted by atomic mass is 10.1. The molecule has 2 aliphatic rings. The molecule has 0 spiro atoms. The van der Waals surface area contributed by atoms with E-state index in [2.05, 4.69) is 4.98 Å². The molecule has 5 heteroatoms. The molecule has 2 heterocycles. The van der Waals surface area contributed by atoms with E-state index >= 15 is 0 Å². The third-order valence-corrected chi connectivity index (χ3v) is 4.79. The molecular formula is C19H19FN2O2. The van der Waals surface area contributed by atoms with Gasteiger partial charge < -0.3 is 9.64 Å². The predicted molar refractivity (Wildman–Crippen MR) is 87.1 cm³/mol. The second kappa shape index (κ2) is 6.23. The van der Waals surface area contributed by atoms with E-state index in [0.29, 0.717) is 6.54 Å². The van der Waals surface area contributed by atoms with E-state index in [4.69, 9.17) is 4.74 Å². The molecule has 2 fully saturated rings. The summed E-state index contributed by atoms with van der Waals surface area (Å²) in [5.41, 5.74) is 0.928. The lowest BCUT2D eigenvalue weighted by Gasteiger charge is -2.17. The number of halogens is 1. The van der Waals surface area contributed by atoms with Gasteiger partial charge in [0.1, 0.15) is 17.7 Å². The molecule has 4 rings (SSSR count). The second-order valence-corrected chi connectivity index (χ2v) is 6.50. The Morgan fingerprint density at radius 1 is 1.25 bits per heavy atom. The highest BCUT2D eigenvalue weighted by Gasteiger charge is 2.47. The fourth-order valence-electron chi connectivity index (χ4n) is 3.44. The van der Waals surface area contributed by atoms with Crippen LogP contribution in [-0.4, -0.2) is 35.0 Å². The third-order valence-electron chi connectivity index (χ3n) is 4.79. The van der Waals surface area contributed by atoms with Crippen LogP contribution in [0.2, 0.25) is 0 Å². The Kier molecular flexibility index (Phi) is 3.92. The first-order valence-corrected chi connectivity index (χ1v) is 8.31. The molecule has 0 N–H and O–H groups in total. The number of ether oxygens (including phenoxy) is 1. The van der Waals surface area contributed by atoms with Crippen molar-refractivity contribution in [3.05, 3.63) is 60.2 Å². The molecular weight excluding hydrogens is 307 g/mol. The Morgan fingerprint density at radius 2 is 2.08 bits per heavy atom. The molecule has 1 aliphatic heterocycles. The fourth-order valence-corrected chi connectivity index (χ4v) is 3.44. The molecule has 1 amide bonds. The van der Waals surface area contributed by atoms with Crippen LogP contribution in [-0.2, 0) is 4.79 Å². The van der Waals surface area contributed by atoms with Crippen molar-refractivity contribution in [3.8, 4) is 5.75 Å². The lowest BCUT2D eigenvalue weighted by Crippen LogP contribution is -2.32. The van der Waals surface area contributed by atoms with Crippen LogP contribution >= 0.6 is 0 Å². The number of benzene rings is 1. The summed E-state index contributed by atoms with van der Waals surface area (Å²) < 4.78 is 19.2. The van der Waals surface area contributed by atoms with Crippen molar-refractivity contribution in [2.24, 2.45) is 5.92 Å². The first-order valence-electron chi connectivity index (χ1n) is 8.31. The van der Waals surface area contributed by atoms with Crippen molar-refractivity contribution >= 4 is 5.91 Å². The largest absolute Gasteiger partial charge is 0.488 e. The molecule has 1 aromatic carbocycles. The minimum atomic E-state index is -0.238. The van der Waals surface area contributed by atoms with Gasteiger partial charge in [-0.05, 0) is 42.2 Å². The molecule has 124 valence electrons. The van der Waals surface area contributed by atoms with Gasteiger partial charge in [-0.3, -0.25) is 9.78 Å². The van der Waals surface area contributed by atoms with Crippen LogP contribution in [0.1, 0.15) is 24.3 Å². The Balaban J connectivity index is 1.34. The van der Waals surface area contributed by atoms with Crippen molar-refractivity contribution in [1.29, 1.82) is 0 Å². The molecule has 1 saturated carbocycles. The normalized spacial score (nSPS) is 25.5. The highest BCUT2D eigenvalue weighted by atomic mass is 19.1. The number of carbonyl (C=O) groups is 1. The molecule has 1 saturated heterocycles. The standard InChI is InChI=1S/C19H19FN2O2/c20-14-3-1-2-13(10-14)17-11-18(17)19(23)22-9-6-16(12-22)24-15-4-7-21-8-5-15/h1-5,7-8,10,16-18H,6,9,11-12H2. The summed E-state index contributed by atoms with van der Waals surface area (Å²) in [6.45, 7) is 1.34. The molecule has 24 heavy (non-hydrogen) atoms. The Hall–Kier alpha value is -2.43. The molecule has 1 aliphatic carbocycles. The van der Waals surface area contributed by atoms with Crippen LogP contribution in [0.5, 0.6) is 5.75 Å². The molecule has 0 radical (unpaired) electrons. The maximum atomic E-state index is 13.3. The molecule has 3 atom stereocenters. The van der Waals surface area contributed by atoms with Crippen LogP contribution in [0.15, 0.2) is 48.8 Å². The maximum absolute atomic E-state index is 13.3. The summed E-state index contributed by atoms with van der Waals surface area (Å²) in [5.74, 6) is 0.871. The summed E-state index contributed by atoms with van der Waals surface area (Å²) in [4.78, 5) is 18.5. The lowest BCUT2D eigenvalue weighted by molar-refractivity contribution is -0.131. The van der Waals surface area contributed by atoms with Gasteiger partial charge in [-0.25, -0.2) is 4.39 Å². The van der Waals surface area contributed by atoms with Gasteiger partial charge in [0.15, 0.2) is 0 Å². The minimum Gasteiger partial charge on any atom is -0.488 e. The van der Waals surface area contributed by atoms with Gasteiger partial charge in [0.05, 0.1) is 6.54 Å². The van der Waals surface area contributed by atoms with Gasteiger partial charge in [0, 0.05) is 31.3 Å². The van der Waals surface area contributed by atoms with Crippen LogP contribution in [0, 0.1) is 11.7 Å². The van der Waals surface area contributed by atoms with E-state index in [1.165, 1.54) is 12.1 Å². The van der Waals surface area contributed by atoms with Crippen molar-refractivity contribution in [1.82, 2.24) is 9.88 Å². The number of hydrogen-bond donors (Lipinski definition) is 0. The zero-order valence-electron chi connectivity index (χ0n) is 13.3. The Morgan fingerprint density at radius 3 is 2.88 bits per heavy atom. The highest BCUT2D eigenvalue weighted by molar-refractivity contribution is 5.83. The van der Waals surface area contributed by atoms with Gasteiger partial charge >= 0.3 is 0 Å². The van der Waals surface area contributed by atoms with Gasteiger partial charge in [-0.15, -0.1) is 0 Å². The number of carbonyl (C=O) groups excluding carboxylic acids is 1. The zero-order chi connectivity index (χ0) is 16.5. The number of hydrogen-bond acceptors (Lipinski definition) is 3. The average Bonchev–Trinajstić information content (AvgIpc) is 3.27. The topological polar surface area (TPSA) is 42.4 Å². The minimum absolute atomic E-state index is 0.00789. The molecule has 2 aromatic rings. The van der Waals surface area contributed by atoms with Gasteiger partial charge in [0.2, 0.25) is 5.91 Å². The maximum Gasteiger partial charge on any atom is 0.226 e. The number of rotatable bonds is 4. The van der Waals surface area contributed by atoms with Crippen LogP contribution in [0.4, 0.5) is 4.39 Å². The quantitative estimate of drug-likeness (QED) is 0.867. The van der Waals surface area contributed by atoms with E-state index in [-0.39, 0.29) is 29.7 Å². The monoisotopic (exact) mass is 326 g/mol. The van der Waals surface area contributed by atoms with E-state index in [9.17, 15) is 9.18 Å². The van der Waals surface area contributed by atoms with Crippen LogP contribution < -0.4 is 4.74 Å². The van der Waals surface area contributed by atoms with Gasteiger partial charge in [-0.1, -0.05) is 12.1 Å². The smallest absolute Gasteiger partial charge is 0.226 e. The van der Waals surface area contributed by atoms with E-state index in [0.717, 1.165) is 30.7 Å². The zero-order valence-corrected chi connectivity index (χ0v) is 13.3. The van der Waals surface area contributed by atoms with Gasteiger partial charge in [0.25, 0.3) is 0 Å². The molecule has 4 nitrogen and oxygen atoms in total. The summed E-state index contributed by atoms with van der Waals surface area (Å²) in [6, 6.07) is 10.2. The van der Waals surface area contributed by atoms with Crippen LogP contribution in [0.3, 0.4) is 0 Å². The third kappa shape index (κ3) is 3.11. The van der Waals surface area contributed by atoms with E-state index in [1.807, 2.05) is 23.1 Å². The van der Waals surface area contributed by atoms with Gasteiger partial charge in [-0.2, -0.15) is 0 Å². The number of likely N-dealkylation sites (tertiary alicyclic amines) is 1. The summed E-state index contributed by atoms with van der Waals surface area (Å²) >= 11 is 0. The summed E-state index contributed by atoms with van der Waals surface area (Å²) in [5, 5.41) is 0. The summed E-state index contributed by atoms with van der Waals surface area (Å²) in [7, 11) is 0. The average molecular weight is 326 g/mol. The van der Waals surface area contributed by atoms with E-state index in [1.54, 1.807) is 18.5 Å². The number of pyridine rings is 1. The number of amides is 1. The first kappa shape index (κ1) is 15.1. The van der Waals surface area contributed by atoms with Crippen molar-refractivity contribution in [3.63, 3.8) is 0 Å². The Bertz CT molecular complexity index is 737. The van der Waals surface area contributed by atoms with Crippen molar-refractivity contribution in [2.75, 3.05) is 13.1 Å². The Labute approximate surface area is 140 Å². The number of aromatic nitrogens is 1. The predicted octanol–water partition coefficient (Wildman–Crippen LogP) is 3.00. The van der Waals surface area contributed by atoms with E-state index < -0.39 is 0 Å². The van der Waals surface area contributed by atoms with Crippen molar-refractivity contribution in [2.45, 2.75) is 24.9 Å². The highest BCUT2D eigenvalue weighted by Crippen LogP contribution is 2.48. The molecule has 1 aromatic heterocycles. The second-order valence-electron chi connectivity index (χ2n) is 6.50. The molecule has 3 unspecified atom stereocenters. The summed E-state index contributed by atoms with van der Waals surface area (Å²) in [6.07, 6.45) is 5.07. The fraction of sp³-hybridized carbons (Fsp3) is 0.368. The number of nitrogens with zero attached hydrogens (tertiary/aromatic N) is 2. The molecule has 0 bridgehead atoms. The first-order chi connectivity index (χ1) is 11.7.